The van der Waals surface area contributed by atoms with Gasteiger partial charge in [0.05, 0.1) is 22.5 Å². The Balaban J connectivity index is 1.70. The number of ether oxygens (including phenoxy) is 1. The van der Waals surface area contributed by atoms with Crippen LogP contribution in [0.2, 0.25) is 0 Å². The Morgan fingerprint density at radius 1 is 1.41 bits per heavy atom. The number of anilines is 1. The second-order valence-corrected chi connectivity index (χ2v) is 7.42. The number of rotatable bonds is 5. The molecule has 0 spiro atoms. The van der Waals surface area contributed by atoms with E-state index in [1.54, 1.807) is 24.3 Å². The van der Waals surface area contributed by atoms with Crippen LogP contribution in [0.5, 0.6) is 0 Å². The van der Waals surface area contributed by atoms with Crippen LogP contribution in [0.4, 0.5) is 23.7 Å². The maximum Gasteiger partial charge on any atom is 0.408 e. The summed E-state index contributed by atoms with van der Waals surface area (Å²) in [4.78, 5) is 16.6. The number of carbonyl (C=O) groups is 1. The van der Waals surface area contributed by atoms with Crippen molar-refractivity contribution in [2.24, 2.45) is 0 Å². The number of para-hydroxylation sites is 1. The SMILES string of the molecule is Cc1nc(-c2ccccc2NC(=O)NC(CC2CCCO2)C(F)(F)F)cs1. The molecule has 2 amide bonds. The molecule has 146 valence electrons. The summed E-state index contributed by atoms with van der Waals surface area (Å²) in [6.45, 7) is 2.32. The lowest BCUT2D eigenvalue weighted by molar-refractivity contribution is -0.159. The number of thiazole rings is 1. The molecule has 2 heterocycles. The van der Waals surface area contributed by atoms with Crippen LogP contribution in [0.25, 0.3) is 11.3 Å². The molecule has 0 radical (unpaired) electrons. The predicted molar refractivity (Wildman–Crippen MR) is 97.9 cm³/mol. The zero-order valence-corrected chi connectivity index (χ0v) is 15.5. The number of benzene rings is 1. The van der Waals surface area contributed by atoms with E-state index in [0.717, 1.165) is 11.4 Å². The van der Waals surface area contributed by atoms with Crippen LogP contribution in [0.15, 0.2) is 29.6 Å². The van der Waals surface area contributed by atoms with Gasteiger partial charge in [-0.25, -0.2) is 9.78 Å². The average molecular weight is 399 g/mol. The van der Waals surface area contributed by atoms with Crippen LogP contribution >= 0.6 is 11.3 Å². The highest BCUT2D eigenvalue weighted by atomic mass is 32.1. The first-order valence-electron chi connectivity index (χ1n) is 8.60. The fourth-order valence-corrected chi connectivity index (χ4v) is 3.60. The molecular weight excluding hydrogens is 379 g/mol. The largest absolute Gasteiger partial charge is 0.408 e. The highest BCUT2D eigenvalue weighted by molar-refractivity contribution is 7.09. The molecule has 9 heteroatoms. The zero-order valence-electron chi connectivity index (χ0n) is 14.7. The first-order chi connectivity index (χ1) is 12.8. The molecule has 27 heavy (non-hydrogen) atoms. The topological polar surface area (TPSA) is 63.2 Å². The fraction of sp³-hybridized carbons (Fsp3) is 0.444. The molecule has 2 N–H and O–H groups in total. The quantitative estimate of drug-likeness (QED) is 0.763. The molecule has 1 aromatic heterocycles. The van der Waals surface area contributed by atoms with E-state index < -0.39 is 24.4 Å². The minimum atomic E-state index is -4.55. The highest BCUT2D eigenvalue weighted by Crippen LogP contribution is 2.30. The second-order valence-electron chi connectivity index (χ2n) is 6.36. The van der Waals surface area contributed by atoms with Gasteiger partial charge in [0.1, 0.15) is 6.04 Å². The van der Waals surface area contributed by atoms with Crippen LogP contribution in [0.3, 0.4) is 0 Å². The second kappa shape index (κ2) is 8.26. The number of amides is 2. The number of halogens is 3. The molecular formula is C18H20F3N3O2S. The molecule has 1 fully saturated rings. The number of alkyl halides is 3. The summed E-state index contributed by atoms with van der Waals surface area (Å²) in [5.41, 5.74) is 1.72. The number of carbonyl (C=O) groups excluding carboxylic acids is 1. The van der Waals surface area contributed by atoms with Crippen LogP contribution < -0.4 is 10.6 Å². The molecule has 1 aromatic carbocycles. The molecule has 3 rings (SSSR count). The average Bonchev–Trinajstić information content (AvgIpc) is 3.25. The summed E-state index contributed by atoms with van der Waals surface area (Å²) < 4.78 is 45.2. The first kappa shape index (κ1) is 19.6. The molecule has 0 bridgehead atoms. The Bertz CT molecular complexity index is 788. The van der Waals surface area contributed by atoms with Gasteiger partial charge < -0.3 is 15.4 Å². The van der Waals surface area contributed by atoms with E-state index in [1.165, 1.54) is 11.3 Å². The van der Waals surface area contributed by atoms with Gasteiger partial charge >= 0.3 is 12.2 Å². The van der Waals surface area contributed by atoms with Crippen molar-refractivity contribution in [1.82, 2.24) is 10.3 Å². The van der Waals surface area contributed by atoms with Gasteiger partial charge in [-0.05, 0) is 25.8 Å². The Morgan fingerprint density at radius 3 is 2.81 bits per heavy atom. The fourth-order valence-electron chi connectivity index (χ4n) is 2.99. The molecule has 2 unspecified atom stereocenters. The van der Waals surface area contributed by atoms with Gasteiger partial charge in [-0.15, -0.1) is 11.3 Å². The summed E-state index contributed by atoms with van der Waals surface area (Å²) in [5, 5.41) is 7.26. The van der Waals surface area contributed by atoms with E-state index in [9.17, 15) is 18.0 Å². The predicted octanol–water partition coefficient (Wildman–Crippen LogP) is 4.74. The van der Waals surface area contributed by atoms with Crippen molar-refractivity contribution in [3.63, 3.8) is 0 Å². The van der Waals surface area contributed by atoms with Crippen molar-refractivity contribution >= 4 is 23.1 Å². The number of hydrogen-bond acceptors (Lipinski definition) is 4. The number of urea groups is 1. The van der Waals surface area contributed by atoms with Crippen molar-refractivity contribution < 1.29 is 22.7 Å². The zero-order chi connectivity index (χ0) is 19.4. The molecule has 1 aliphatic heterocycles. The molecule has 0 saturated carbocycles. The van der Waals surface area contributed by atoms with Crippen LogP contribution in [0, 0.1) is 6.92 Å². The van der Waals surface area contributed by atoms with Gasteiger partial charge in [0, 0.05) is 24.0 Å². The van der Waals surface area contributed by atoms with Crippen molar-refractivity contribution in [2.45, 2.75) is 44.5 Å². The van der Waals surface area contributed by atoms with Crippen molar-refractivity contribution in [3.05, 3.63) is 34.7 Å². The number of nitrogens with one attached hydrogen (secondary N) is 2. The minimum absolute atomic E-state index is 0.288. The summed E-state index contributed by atoms with van der Waals surface area (Å²) in [7, 11) is 0. The smallest absolute Gasteiger partial charge is 0.378 e. The first-order valence-corrected chi connectivity index (χ1v) is 9.48. The Labute approximate surface area is 158 Å². The lowest BCUT2D eigenvalue weighted by Crippen LogP contribution is -2.48. The van der Waals surface area contributed by atoms with Crippen molar-refractivity contribution in [3.8, 4) is 11.3 Å². The van der Waals surface area contributed by atoms with Gasteiger partial charge in [-0.3, -0.25) is 0 Å². The van der Waals surface area contributed by atoms with Crippen LogP contribution in [0.1, 0.15) is 24.3 Å². The summed E-state index contributed by atoms with van der Waals surface area (Å²) in [6.07, 6.45) is -4.01. The lowest BCUT2D eigenvalue weighted by atomic mass is 10.1. The number of aromatic nitrogens is 1. The van der Waals surface area contributed by atoms with E-state index in [2.05, 4.69) is 10.3 Å². The molecule has 1 saturated heterocycles. The van der Waals surface area contributed by atoms with Gasteiger partial charge in [-0.1, -0.05) is 18.2 Å². The molecule has 2 aromatic rings. The Hall–Kier alpha value is -2.13. The Morgan fingerprint density at radius 2 is 2.19 bits per heavy atom. The number of aryl methyl sites for hydroxylation is 1. The van der Waals surface area contributed by atoms with Crippen LogP contribution in [-0.4, -0.2) is 35.9 Å². The maximum atomic E-state index is 13.3. The van der Waals surface area contributed by atoms with Crippen LogP contribution in [-0.2, 0) is 4.74 Å². The number of nitrogens with zero attached hydrogens (tertiary/aromatic N) is 1. The Kier molecular flexibility index (Phi) is 6.01. The van der Waals surface area contributed by atoms with E-state index in [1.807, 2.05) is 17.6 Å². The monoisotopic (exact) mass is 399 g/mol. The standard InChI is InChI=1S/C18H20F3N3O2S/c1-11-22-15(10-27-11)13-6-2-3-7-14(13)23-17(25)24-16(18(19,20)21)9-12-5-4-8-26-12/h2-3,6-7,10,12,16H,4-5,8-9H2,1H3,(H2,23,24,25). The summed E-state index contributed by atoms with van der Waals surface area (Å²) in [5.74, 6) is 0. The van der Waals surface area contributed by atoms with Gasteiger partial charge in [0.2, 0.25) is 0 Å². The molecule has 5 nitrogen and oxygen atoms in total. The van der Waals surface area contributed by atoms with Gasteiger partial charge in [0.25, 0.3) is 0 Å². The summed E-state index contributed by atoms with van der Waals surface area (Å²) in [6, 6.07) is 4.00. The minimum Gasteiger partial charge on any atom is -0.378 e. The highest BCUT2D eigenvalue weighted by Gasteiger charge is 2.42. The van der Waals surface area contributed by atoms with E-state index in [4.69, 9.17) is 4.74 Å². The van der Waals surface area contributed by atoms with Gasteiger partial charge in [-0.2, -0.15) is 13.2 Å². The number of hydrogen-bond donors (Lipinski definition) is 2. The normalized spacial score (nSPS) is 18.3. The van der Waals surface area contributed by atoms with Crippen molar-refractivity contribution in [1.29, 1.82) is 0 Å². The van der Waals surface area contributed by atoms with Crippen molar-refractivity contribution in [2.75, 3.05) is 11.9 Å². The maximum absolute atomic E-state index is 13.3. The molecule has 2 atom stereocenters. The third-order valence-corrected chi connectivity index (χ3v) is 5.07. The van der Waals surface area contributed by atoms with E-state index in [0.29, 0.717) is 30.0 Å². The molecule has 1 aliphatic rings. The summed E-state index contributed by atoms with van der Waals surface area (Å²) >= 11 is 1.46. The third-order valence-electron chi connectivity index (χ3n) is 4.29. The third kappa shape index (κ3) is 5.20. The van der Waals surface area contributed by atoms with E-state index >= 15 is 0 Å². The van der Waals surface area contributed by atoms with Gasteiger partial charge in [0.15, 0.2) is 0 Å². The van der Waals surface area contributed by atoms with E-state index in [-0.39, 0.29) is 6.42 Å². The molecule has 0 aliphatic carbocycles. The lowest BCUT2D eigenvalue weighted by Gasteiger charge is -2.24.